The number of benzene rings is 1. The van der Waals surface area contributed by atoms with Crippen LogP contribution in [0.2, 0.25) is 0 Å². The molecule has 0 heterocycles. The van der Waals surface area contributed by atoms with Crippen molar-refractivity contribution in [3.8, 4) is 0 Å². The van der Waals surface area contributed by atoms with Crippen molar-refractivity contribution < 1.29 is 21.2 Å². The van der Waals surface area contributed by atoms with Gasteiger partial charge in [-0.15, -0.1) is 0 Å². The first-order valence-electron chi connectivity index (χ1n) is 5.45. The Kier molecular flexibility index (Phi) is 4.86. The summed E-state index contributed by atoms with van der Waals surface area (Å²) in [4.78, 5) is 0.0118. The van der Waals surface area contributed by atoms with Crippen LogP contribution in [-0.4, -0.2) is 34.1 Å². The summed E-state index contributed by atoms with van der Waals surface area (Å²) < 4.78 is 58.7. The topological polar surface area (TPSA) is 68.3 Å². The normalized spacial score (nSPS) is 12.6. The molecule has 0 atom stereocenters. The lowest BCUT2D eigenvalue weighted by Crippen LogP contribution is -2.14. The van der Waals surface area contributed by atoms with E-state index in [2.05, 4.69) is 0 Å². The fourth-order valence-corrected chi connectivity index (χ4v) is 3.74. The van der Waals surface area contributed by atoms with Crippen LogP contribution in [0.5, 0.6) is 0 Å². The fraction of sp³-hybridized carbons (Fsp3) is 0.455. The van der Waals surface area contributed by atoms with Crippen LogP contribution in [0.3, 0.4) is 0 Å². The molecule has 0 fully saturated rings. The van der Waals surface area contributed by atoms with Gasteiger partial charge in [-0.05, 0) is 30.7 Å². The first-order chi connectivity index (χ1) is 8.27. The number of hydrogen-bond donors (Lipinski definition) is 0. The monoisotopic (exact) mass is 294 g/mol. The minimum Gasteiger partial charge on any atom is -0.229 e. The molecule has 1 aromatic rings. The van der Waals surface area contributed by atoms with Crippen LogP contribution in [0.1, 0.15) is 13.3 Å². The zero-order valence-electron chi connectivity index (χ0n) is 9.97. The van der Waals surface area contributed by atoms with Crippen LogP contribution in [0, 0.1) is 5.82 Å². The highest BCUT2D eigenvalue weighted by molar-refractivity contribution is 7.92. The van der Waals surface area contributed by atoms with Crippen LogP contribution in [0.15, 0.2) is 29.2 Å². The molecule has 4 nitrogen and oxygen atoms in total. The number of rotatable bonds is 6. The highest BCUT2D eigenvalue weighted by Crippen LogP contribution is 2.13. The average Bonchev–Trinajstić information content (AvgIpc) is 2.29. The van der Waals surface area contributed by atoms with E-state index in [-0.39, 0.29) is 28.6 Å². The summed E-state index contributed by atoms with van der Waals surface area (Å²) in [5, 5.41) is 0. The molecule has 0 radical (unpaired) electrons. The van der Waals surface area contributed by atoms with E-state index in [0.29, 0.717) is 0 Å². The zero-order chi connectivity index (χ0) is 13.8. The van der Waals surface area contributed by atoms with Gasteiger partial charge in [0.2, 0.25) is 0 Å². The second kappa shape index (κ2) is 5.79. The molecule has 18 heavy (non-hydrogen) atoms. The van der Waals surface area contributed by atoms with Crippen molar-refractivity contribution in [2.24, 2.45) is 0 Å². The molecular formula is C11H15FO4S2. The van der Waals surface area contributed by atoms with E-state index in [1.54, 1.807) is 0 Å². The quantitative estimate of drug-likeness (QED) is 0.744. The predicted octanol–water partition coefficient (Wildman–Crippen LogP) is 1.42. The fourth-order valence-electron chi connectivity index (χ4n) is 1.37. The maximum absolute atomic E-state index is 12.7. The van der Waals surface area contributed by atoms with E-state index < -0.39 is 25.5 Å². The molecule has 102 valence electrons. The third-order valence-electron chi connectivity index (χ3n) is 2.48. The minimum atomic E-state index is -3.54. The van der Waals surface area contributed by atoms with Crippen molar-refractivity contribution in [1.82, 2.24) is 0 Å². The molecule has 0 saturated heterocycles. The van der Waals surface area contributed by atoms with Crippen LogP contribution < -0.4 is 0 Å². The van der Waals surface area contributed by atoms with Gasteiger partial charge < -0.3 is 0 Å². The van der Waals surface area contributed by atoms with Crippen LogP contribution >= 0.6 is 0 Å². The van der Waals surface area contributed by atoms with Crippen molar-refractivity contribution in [1.29, 1.82) is 0 Å². The second-order valence-electron chi connectivity index (χ2n) is 3.86. The van der Waals surface area contributed by atoms with Crippen LogP contribution in [-0.2, 0) is 19.7 Å². The van der Waals surface area contributed by atoms with Crippen molar-refractivity contribution in [2.75, 3.05) is 17.3 Å². The van der Waals surface area contributed by atoms with E-state index in [1.807, 2.05) is 0 Å². The maximum atomic E-state index is 12.7. The SMILES string of the molecule is CCS(=O)(=O)CCCS(=O)(=O)c1ccc(F)cc1. The van der Waals surface area contributed by atoms with Crippen LogP contribution in [0.25, 0.3) is 0 Å². The van der Waals surface area contributed by atoms with Gasteiger partial charge in [-0.2, -0.15) is 0 Å². The molecule has 0 N–H and O–H groups in total. The standard InChI is InChI=1S/C11H15FO4S2/c1-2-17(13,14)8-3-9-18(15,16)11-6-4-10(12)5-7-11/h4-7H,2-3,8-9H2,1H3. The molecule has 0 aliphatic carbocycles. The van der Waals surface area contributed by atoms with Gasteiger partial charge >= 0.3 is 0 Å². The molecule has 0 aliphatic rings. The van der Waals surface area contributed by atoms with Crippen molar-refractivity contribution in [2.45, 2.75) is 18.2 Å². The molecule has 1 rings (SSSR count). The Labute approximate surface area is 107 Å². The lowest BCUT2D eigenvalue weighted by molar-refractivity contribution is 0.590. The molecule has 1 aromatic carbocycles. The number of sulfone groups is 2. The molecule has 0 aliphatic heterocycles. The Balaban J connectivity index is 2.69. The number of hydrogen-bond acceptors (Lipinski definition) is 4. The minimum absolute atomic E-state index is 0.00357. The summed E-state index contributed by atoms with van der Waals surface area (Å²) in [6.45, 7) is 1.52. The maximum Gasteiger partial charge on any atom is 0.178 e. The smallest absolute Gasteiger partial charge is 0.178 e. The van der Waals surface area contributed by atoms with E-state index in [4.69, 9.17) is 0 Å². The van der Waals surface area contributed by atoms with E-state index in [1.165, 1.54) is 19.1 Å². The summed E-state index contributed by atoms with van der Waals surface area (Å²) in [5.74, 6) is -0.909. The molecule has 0 unspecified atom stereocenters. The molecule has 0 amide bonds. The molecule has 7 heteroatoms. The summed E-state index contributed by atoms with van der Waals surface area (Å²) >= 11 is 0. The van der Waals surface area contributed by atoms with Crippen molar-refractivity contribution in [3.05, 3.63) is 30.1 Å². The van der Waals surface area contributed by atoms with E-state index >= 15 is 0 Å². The zero-order valence-corrected chi connectivity index (χ0v) is 11.6. The molecule has 0 aromatic heterocycles. The first kappa shape index (κ1) is 15.1. The van der Waals surface area contributed by atoms with Gasteiger partial charge in [0.1, 0.15) is 15.7 Å². The Hall–Kier alpha value is -0.950. The molecular weight excluding hydrogens is 279 g/mol. The Bertz CT molecular complexity index is 588. The predicted molar refractivity (Wildman–Crippen MR) is 67.4 cm³/mol. The van der Waals surface area contributed by atoms with Gasteiger partial charge in [0, 0.05) is 5.75 Å². The Morgan fingerprint density at radius 2 is 1.56 bits per heavy atom. The van der Waals surface area contributed by atoms with Gasteiger partial charge in [0.25, 0.3) is 0 Å². The van der Waals surface area contributed by atoms with Crippen molar-refractivity contribution in [3.63, 3.8) is 0 Å². The van der Waals surface area contributed by atoms with Crippen molar-refractivity contribution >= 4 is 19.7 Å². The lowest BCUT2D eigenvalue weighted by Gasteiger charge is -2.04. The molecule has 0 spiro atoms. The highest BCUT2D eigenvalue weighted by Gasteiger charge is 2.16. The largest absolute Gasteiger partial charge is 0.229 e. The Morgan fingerprint density at radius 3 is 2.06 bits per heavy atom. The molecule has 0 bridgehead atoms. The van der Waals surface area contributed by atoms with Gasteiger partial charge in [-0.25, -0.2) is 21.2 Å². The average molecular weight is 294 g/mol. The summed E-state index contributed by atoms with van der Waals surface area (Å²) in [6.07, 6.45) is 0.0515. The van der Waals surface area contributed by atoms with Gasteiger partial charge in [0.05, 0.1) is 16.4 Å². The van der Waals surface area contributed by atoms with Gasteiger partial charge in [-0.3, -0.25) is 0 Å². The first-order valence-corrected chi connectivity index (χ1v) is 8.93. The third-order valence-corrected chi connectivity index (χ3v) is 6.09. The lowest BCUT2D eigenvalue weighted by atomic mass is 10.4. The van der Waals surface area contributed by atoms with E-state index in [0.717, 1.165) is 12.1 Å². The second-order valence-corrected chi connectivity index (χ2v) is 8.44. The summed E-state index contributed by atoms with van der Waals surface area (Å²) in [7, 11) is -6.69. The van der Waals surface area contributed by atoms with Gasteiger partial charge in [-0.1, -0.05) is 6.92 Å². The van der Waals surface area contributed by atoms with E-state index in [9.17, 15) is 21.2 Å². The molecule has 0 saturated carbocycles. The van der Waals surface area contributed by atoms with Gasteiger partial charge in [0.15, 0.2) is 9.84 Å². The van der Waals surface area contributed by atoms with Crippen LogP contribution in [0.4, 0.5) is 4.39 Å². The number of halogens is 1. The Morgan fingerprint density at radius 1 is 1.00 bits per heavy atom. The third kappa shape index (κ3) is 4.38. The summed E-state index contributed by atoms with van der Waals surface area (Å²) in [6, 6.07) is 4.49. The summed E-state index contributed by atoms with van der Waals surface area (Å²) in [5.41, 5.74) is 0. The highest BCUT2D eigenvalue weighted by atomic mass is 32.2.